The Bertz CT molecular complexity index is 634. The number of esters is 2. The minimum atomic E-state index is -0.546. The fraction of sp³-hybridized carbons (Fsp3) is 0.250. The molecule has 0 saturated heterocycles. The molecule has 0 fully saturated rings. The van der Waals surface area contributed by atoms with E-state index in [0.29, 0.717) is 17.0 Å². The predicted molar refractivity (Wildman–Crippen MR) is 82.1 cm³/mol. The van der Waals surface area contributed by atoms with E-state index in [1.54, 1.807) is 18.2 Å². The highest BCUT2D eigenvalue weighted by Crippen LogP contribution is 2.25. The zero-order valence-corrected chi connectivity index (χ0v) is 13.0. The number of halogens is 1. The average Bonchev–Trinajstić information content (AvgIpc) is 2.77. The van der Waals surface area contributed by atoms with Crippen LogP contribution in [-0.4, -0.2) is 26.2 Å². The summed E-state index contributed by atoms with van der Waals surface area (Å²) in [6.45, 7) is 0. The van der Waals surface area contributed by atoms with Gasteiger partial charge in [0, 0.05) is 5.02 Å². The molecule has 1 heterocycles. The Balaban J connectivity index is 2.34. The van der Waals surface area contributed by atoms with E-state index in [2.05, 4.69) is 5.32 Å². The first-order valence-corrected chi connectivity index (χ1v) is 7.03. The van der Waals surface area contributed by atoms with Crippen LogP contribution in [0.4, 0.5) is 0 Å². The average molecular weight is 322 g/mol. The molecule has 1 aliphatic heterocycles. The Morgan fingerprint density at radius 3 is 2.36 bits per heavy atom. The molecule has 0 amide bonds. The second-order valence-corrected chi connectivity index (χ2v) is 5.12. The largest absolute Gasteiger partial charge is 0.465 e. The van der Waals surface area contributed by atoms with Gasteiger partial charge in [-0.15, -0.1) is 0 Å². The molecule has 6 heteroatoms. The summed E-state index contributed by atoms with van der Waals surface area (Å²) in [6.07, 6.45) is 3.69. The Hall–Kier alpha value is -2.27. The predicted octanol–water partition coefficient (Wildman–Crippen LogP) is 2.53. The molecule has 22 heavy (non-hydrogen) atoms. The second kappa shape index (κ2) is 7.13. The van der Waals surface area contributed by atoms with Crippen LogP contribution in [0.5, 0.6) is 0 Å². The molecule has 1 atom stereocenters. The fourth-order valence-corrected chi connectivity index (χ4v) is 2.28. The normalized spacial score (nSPS) is 17.5. The van der Waals surface area contributed by atoms with E-state index in [1.165, 1.54) is 20.3 Å². The molecular formula is C16H16ClNO4. The summed E-state index contributed by atoms with van der Waals surface area (Å²) in [4.78, 5) is 23.6. The summed E-state index contributed by atoms with van der Waals surface area (Å²) < 4.78 is 9.45. The molecule has 0 aromatic heterocycles. The van der Waals surface area contributed by atoms with Gasteiger partial charge in [-0.25, -0.2) is 9.59 Å². The summed E-state index contributed by atoms with van der Waals surface area (Å²) in [5, 5.41) is 3.73. The van der Waals surface area contributed by atoms with E-state index >= 15 is 0 Å². The quantitative estimate of drug-likeness (QED) is 0.867. The van der Waals surface area contributed by atoms with Crippen molar-refractivity contribution in [3.8, 4) is 0 Å². The van der Waals surface area contributed by atoms with E-state index < -0.39 is 11.9 Å². The van der Waals surface area contributed by atoms with Crippen LogP contribution in [-0.2, 0) is 19.1 Å². The van der Waals surface area contributed by atoms with E-state index in [0.717, 1.165) is 5.56 Å². The molecule has 0 spiro atoms. The van der Waals surface area contributed by atoms with Gasteiger partial charge in [0.15, 0.2) is 0 Å². The minimum Gasteiger partial charge on any atom is -0.465 e. The standard InChI is InChI=1S/C16H16ClNO4/c1-21-15(19)11-5-8-13(10-3-6-12(17)7-4-10)18-14(9-11)16(20)22-2/h3-7,9,13,18H,8H2,1-2H3. The summed E-state index contributed by atoms with van der Waals surface area (Å²) in [5.41, 5.74) is 1.46. The summed E-state index contributed by atoms with van der Waals surface area (Å²) in [6, 6.07) is 7.11. The lowest BCUT2D eigenvalue weighted by molar-refractivity contribution is -0.136. The van der Waals surface area contributed by atoms with Gasteiger partial charge in [-0.1, -0.05) is 29.8 Å². The first-order valence-electron chi connectivity index (χ1n) is 6.65. The van der Waals surface area contributed by atoms with Crippen LogP contribution in [0.3, 0.4) is 0 Å². The van der Waals surface area contributed by atoms with Crippen molar-refractivity contribution < 1.29 is 19.1 Å². The highest BCUT2D eigenvalue weighted by atomic mass is 35.5. The number of benzene rings is 1. The molecule has 0 radical (unpaired) electrons. The second-order valence-electron chi connectivity index (χ2n) is 4.68. The molecule has 5 nitrogen and oxygen atoms in total. The van der Waals surface area contributed by atoms with Gasteiger partial charge in [0.25, 0.3) is 0 Å². The van der Waals surface area contributed by atoms with E-state index in [9.17, 15) is 9.59 Å². The SMILES string of the molecule is COC(=O)C1=CCC(c2ccc(Cl)cc2)NC(C(=O)OC)=C1. The van der Waals surface area contributed by atoms with Gasteiger partial charge in [-0.2, -0.15) is 0 Å². The summed E-state index contributed by atoms with van der Waals surface area (Å²) in [5.74, 6) is -1.05. The Morgan fingerprint density at radius 2 is 1.77 bits per heavy atom. The van der Waals surface area contributed by atoms with Crippen LogP contribution in [0.2, 0.25) is 5.02 Å². The molecule has 1 N–H and O–H groups in total. The van der Waals surface area contributed by atoms with Crippen LogP contribution in [0.25, 0.3) is 0 Å². The smallest absolute Gasteiger partial charge is 0.354 e. The minimum absolute atomic E-state index is 0.176. The van der Waals surface area contributed by atoms with Crippen molar-refractivity contribution >= 4 is 23.5 Å². The van der Waals surface area contributed by atoms with Crippen LogP contribution in [0.15, 0.2) is 47.7 Å². The van der Waals surface area contributed by atoms with Gasteiger partial charge in [0.05, 0.1) is 25.8 Å². The van der Waals surface area contributed by atoms with Crippen LogP contribution in [0.1, 0.15) is 18.0 Å². The lowest BCUT2D eigenvalue weighted by atomic mass is 10.0. The summed E-state index contributed by atoms with van der Waals surface area (Å²) >= 11 is 5.89. The molecule has 1 unspecified atom stereocenters. The van der Waals surface area contributed by atoms with E-state index in [-0.39, 0.29) is 11.7 Å². The monoisotopic (exact) mass is 321 g/mol. The highest BCUT2D eigenvalue weighted by Gasteiger charge is 2.22. The number of rotatable bonds is 3. The zero-order chi connectivity index (χ0) is 16.1. The van der Waals surface area contributed by atoms with E-state index in [1.807, 2.05) is 12.1 Å². The van der Waals surface area contributed by atoms with E-state index in [4.69, 9.17) is 21.1 Å². The molecule has 1 aromatic carbocycles. The number of ether oxygens (including phenoxy) is 2. The third kappa shape index (κ3) is 3.68. The number of hydrogen-bond donors (Lipinski definition) is 1. The zero-order valence-electron chi connectivity index (χ0n) is 12.3. The lowest BCUT2D eigenvalue weighted by Crippen LogP contribution is -2.25. The topological polar surface area (TPSA) is 64.6 Å². The number of carbonyl (C=O) groups excluding carboxylic acids is 2. The molecular weight excluding hydrogens is 306 g/mol. The number of nitrogens with one attached hydrogen (secondary N) is 1. The lowest BCUT2D eigenvalue weighted by Gasteiger charge is -2.18. The van der Waals surface area contributed by atoms with Crippen molar-refractivity contribution in [1.29, 1.82) is 0 Å². The summed E-state index contributed by atoms with van der Waals surface area (Å²) in [7, 11) is 2.58. The number of carbonyl (C=O) groups is 2. The molecule has 0 bridgehead atoms. The third-order valence-electron chi connectivity index (χ3n) is 3.30. The fourth-order valence-electron chi connectivity index (χ4n) is 2.15. The van der Waals surface area contributed by atoms with Crippen LogP contribution in [0, 0.1) is 0 Å². The highest BCUT2D eigenvalue weighted by molar-refractivity contribution is 6.30. The van der Waals surface area contributed by atoms with Gasteiger partial charge >= 0.3 is 11.9 Å². The van der Waals surface area contributed by atoms with Gasteiger partial charge in [-0.05, 0) is 30.2 Å². The van der Waals surface area contributed by atoms with Crippen molar-refractivity contribution in [3.63, 3.8) is 0 Å². The van der Waals surface area contributed by atoms with Crippen molar-refractivity contribution in [1.82, 2.24) is 5.32 Å². The number of hydrogen-bond acceptors (Lipinski definition) is 5. The van der Waals surface area contributed by atoms with Crippen molar-refractivity contribution in [2.75, 3.05) is 14.2 Å². The van der Waals surface area contributed by atoms with Crippen molar-refractivity contribution in [2.24, 2.45) is 0 Å². The molecule has 0 saturated carbocycles. The van der Waals surface area contributed by atoms with Crippen molar-refractivity contribution in [2.45, 2.75) is 12.5 Å². The Kier molecular flexibility index (Phi) is 5.22. The molecule has 0 aliphatic carbocycles. The molecule has 1 aliphatic rings. The Labute approximate surface area is 133 Å². The molecule has 2 rings (SSSR count). The molecule has 116 valence electrons. The van der Waals surface area contributed by atoms with Gasteiger partial charge in [0.1, 0.15) is 5.70 Å². The maximum Gasteiger partial charge on any atom is 0.354 e. The third-order valence-corrected chi connectivity index (χ3v) is 3.55. The molecule has 1 aromatic rings. The first-order chi connectivity index (χ1) is 10.5. The maximum absolute atomic E-state index is 11.9. The van der Waals surface area contributed by atoms with Crippen molar-refractivity contribution in [3.05, 3.63) is 58.3 Å². The first kappa shape index (κ1) is 16.1. The van der Waals surface area contributed by atoms with Crippen LogP contribution >= 0.6 is 11.6 Å². The van der Waals surface area contributed by atoms with Gasteiger partial charge in [-0.3, -0.25) is 0 Å². The Morgan fingerprint density at radius 1 is 1.14 bits per heavy atom. The maximum atomic E-state index is 11.9. The van der Waals surface area contributed by atoms with Gasteiger partial charge in [0.2, 0.25) is 0 Å². The van der Waals surface area contributed by atoms with Gasteiger partial charge < -0.3 is 14.8 Å². The number of methoxy groups -OCH3 is 2. The van der Waals surface area contributed by atoms with Crippen LogP contribution < -0.4 is 5.32 Å².